The fraction of sp³-hybridized carbons (Fsp3) is 0.211. The van der Waals surface area contributed by atoms with Gasteiger partial charge in [0.15, 0.2) is 23.3 Å². The van der Waals surface area contributed by atoms with Crippen LogP contribution in [0.4, 0.5) is 24.7 Å². The monoisotopic (exact) mass is 471 g/mol. The van der Waals surface area contributed by atoms with Crippen LogP contribution in [0, 0.1) is 17.5 Å². The van der Waals surface area contributed by atoms with E-state index in [0.717, 1.165) is 16.8 Å². The van der Waals surface area contributed by atoms with E-state index in [1.54, 1.807) is 0 Å². The maximum atomic E-state index is 14.7. The second-order valence-corrected chi connectivity index (χ2v) is 6.99. The number of esters is 1. The molecule has 170 valence electrons. The van der Waals surface area contributed by atoms with Crippen molar-refractivity contribution in [2.75, 3.05) is 24.2 Å². The summed E-state index contributed by atoms with van der Waals surface area (Å²) in [6, 6.07) is 1.22. The van der Waals surface area contributed by atoms with Gasteiger partial charge in [0.25, 0.3) is 0 Å². The van der Waals surface area contributed by atoms with Gasteiger partial charge in [-0.05, 0) is 13.0 Å². The number of benzene rings is 1. The molecule has 0 fully saturated rings. The highest BCUT2D eigenvalue weighted by Crippen LogP contribution is 2.34. The number of halogens is 4. The minimum Gasteiger partial charge on any atom is -0.443 e. The number of carbonyl (C=O) groups is 1. The molecule has 0 amide bonds. The average molecular weight is 472 g/mol. The van der Waals surface area contributed by atoms with Crippen molar-refractivity contribution in [1.82, 2.24) is 9.55 Å². The molecule has 1 unspecified atom stereocenters. The number of fused-ring (bicyclic) bond motifs is 1. The highest BCUT2D eigenvalue weighted by atomic mass is 35.5. The summed E-state index contributed by atoms with van der Waals surface area (Å²) in [5, 5.41) is 10.7. The number of nitrogens with two attached hydrogens (primary N) is 2. The van der Waals surface area contributed by atoms with Crippen LogP contribution in [-0.4, -0.2) is 40.0 Å². The Morgan fingerprint density at radius 3 is 2.62 bits per heavy atom. The standard InChI is InChI=1S/C19H17ClF3N5O4/c1-7(24)32-19(31)9-6-28(18-12(23)5-11(22)17(25)27-18)15-8(16(9)30)4-10(21)14(13(15)20)26-2-3-29/h4-7,26,29H,2-3,24H2,1H3,(H2,25,27). The van der Waals surface area contributed by atoms with Gasteiger partial charge in [0, 0.05) is 18.8 Å². The molecule has 0 bridgehead atoms. The van der Waals surface area contributed by atoms with Crippen LogP contribution in [0.3, 0.4) is 0 Å². The van der Waals surface area contributed by atoms with Crippen LogP contribution in [0.2, 0.25) is 5.02 Å². The number of nitrogen functional groups attached to an aromatic ring is 1. The molecule has 1 atom stereocenters. The van der Waals surface area contributed by atoms with E-state index in [9.17, 15) is 22.8 Å². The SMILES string of the molecule is CC(N)OC(=O)c1cn(-c2nc(N)c(F)cc2F)c2c(Cl)c(NCCO)c(F)cc2c1=O. The first-order chi connectivity index (χ1) is 15.1. The number of rotatable bonds is 6. The number of aliphatic hydroxyl groups is 1. The number of nitrogens with one attached hydrogen (secondary N) is 1. The summed E-state index contributed by atoms with van der Waals surface area (Å²) in [5.41, 5.74) is 8.71. The number of ether oxygens (including phenoxy) is 1. The van der Waals surface area contributed by atoms with Crippen molar-refractivity contribution >= 4 is 40.0 Å². The highest BCUT2D eigenvalue weighted by Gasteiger charge is 2.25. The van der Waals surface area contributed by atoms with Gasteiger partial charge >= 0.3 is 5.97 Å². The molecule has 3 rings (SSSR count). The first-order valence-corrected chi connectivity index (χ1v) is 9.45. The van der Waals surface area contributed by atoms with Crippen molar-refractivity contribution in [2.24, 2.45) is 5.73 Å². The van der Waals surface area contributed by atoms with Gasteiger partial charge in [0.05, 0.1) is 28.2 Å². The fourth-order valence-electron chi connectivity index (χ4n) is 2.94. The number of aromatic nitrogens is 2. The van der Waals surface area contributed by atoms with Gasteiger partial charge in [-0.2, -0.15) is 0 Å². The lowest BCUT2D eigenvalue weighted by Gasteiger charge is -2.18. The van der Waals surface area contributed by atoms with Gasteiger partial charge in [-0.25, -0.2) is 22.9 Å². The van der Waals surface area contributed by atoms with Crippen LogP contribution in [0.1, 0.15) is 17.3 Å². The Balaban J connectivity index is 2.46. The first kappa shape index (κ1) is 23.3. The van der Waals surface area contributed by atoms with Gasteiger partial charge in [-0.3, -0.25) is 15.1 Å². The first-order valence-electron chi connectivity index (χ1n) is 9.07. The van der Waals surface area contributed by atoms with E-state index in [1.165, 1.54) is 6.92 Å². The number of hydrogen-bond donors (Lipinski definition) is 4. The fourth-order valence-corrected chi connectivity index (χ4v) is 3.29. The van der Waals surface area contributed by atoms with Crippen molar-refractivity contribution in [3.05, 3.63) is 56.6 Å². The largest absolute Gasteiger partial charge is 0.443 e. The Bertz CT molecular complexity index is 1280. The summed E-state index contributed by atoms with van der Waals surface area (Å²) in [5.74, 6) is -5.80. The summed E-state index contributed by atoms with van der Waals surface area (Å²) >= 11 is 6.31. The molecule has 0 aliphatic heterocycles. The molecule has 2 heterocycles. The quantitative estimate of drug-likeness (QED) is 0.315. The lowest BCUT2D eigenvalue weighted by Crippen LogP contribution is -2.28. The summed E-state index contributed by atoms with van der Waals surface area (Å²) in [4.78, 5) is 29.0. The average Bonchev–Trinajstić information content (AvgIpc) is 2.71. The summed E-state index contributed by atoms with van der Waals surface area (Å²) in [7, 11) is 0. The molecule has 0 saturated heterocycles. The Kier molecular flexibility index (Phi) is 6.57. The van der Waals surface area contributed by atoms with Gasteiger partial charge in [-0.1, -0.05) is 11.6 Å². The summed E-state index contributed by atoms with van der Waals surface area (Å²) < 4.78 is 48.7. The van der Waals surface area contributed by atoms with E-state index in [2.05, 4.69) is 10.3 Å². The van der Waals surface area contributed by atoms with E-state index in [1.807, 2.05) is 0 Å². The lowest BCUT2D eigenvalue weighted by molar-refractivity contribution is 0.0353. The molecule has 3 aromatic rings. The van der Waals surface area contributed by atoms with Crippen molar-refractivity contribution < 1.29 is 27.8 Å². The zero-order valence-electron chi connectivity index (χ0n) is 16.5. The Labute approximate surface area is 183 Å². The van der Waals surface area contributed by atoms with Gasteiger partial charge in [-0.15, -0.1) is 0 Å². The van der Waals surface area contributed by atoms with Crippen molar-refractivity contribution in [3.8, 4) is 5.82 Å². The Morgan fingerprint density at radius 2 is 2.00 bits per heavy atom. The van der Waals surface area contributed by atoms with E-state index in [-0.39, 0.29) is 29.4 Å². The number of nitrogens with zero attached hydrogens (tertiary/aromatic N) is 2. The zero-order valence-corrected chi connectivity index (χ0v) is 17.2. The molecular weight excluding hydrogens is 455 g/mol. The van der Waals surface area contributed by atoms with Gasteiger partial charge in [0.2, 0.25) is 5.43 Å². The number of carbonyl (C=O) groups excluding carboxylic acids is 1. The van der Waals surface area contributed by atoms with Crippen molar-refractivity contribution in [2.45, 2.75) is 13.2 Å². The van der Waals surface area contributed by atoms with Crippen LogP contribution in [0.15, 0.2) is 23.1 Å². The molecule has 32 heavy (non-hydrogen) atoms. The van der Waals surface area contributed by atoms with Crippen LogP contribution in [0.5, 0.6) is 0 Å². The minimum absolute atomic E-state index is 0.0959. The molecular formula is C19H17ClF3N5O4. The number of anilines is 2. The van der Waals surface area contributed by atoms with Crippen molar-refractivity contribution in [1.29, 1.82) is 0 Å². The van der Waals surface area contributed by atoms with Crippen molar-refractivity contribution in [3.63, 3.8) is 0 Å². The molecule has 2 aromatic heterocycles. The van der Waals surface area contributed by atoms with E-state index in [4.69, 9.17) is 32.9 Å². The summed E-state index contributed by atoms with van der Waals surface area (Å²) in [6.45, 7) is 0.865. The second kappa shape index (κ2) is 9.02. The van der Waals surface area contributed by atoms with Gasteiger partial charge in [0.1, 0.15) is 17.6 Å². The lowest BCUT2D eigenvalue weighted by atomic mass is 10.1. The Hall–Kier alpha value is -3.35. The molecule has 13 heteroatoms. The molecule has 0 radical (unpaired) electrons. The van der Waals surface area contributed by atoms with Crippen LogP contribution < -0.4 is 22.2 Å². The third-order valence-corrected chi connectivity index (χ3v) is 4.64. The third-order valence-electron chi connectivity index (χ3n) is 4.27. The Morgan fingerprint density at radius 1 is 1.31 bits per heavy atom. The van der Waals surface area contributed by atoms with Crippen LogP contribution in [0.25, 0.3) is 16.7 Å². The number of pyridine rings is 2. The normalized spacial score (nSPS) is 12.1. The second-order valence-electron chi connectivity index (χ2n) is 6.61. The van der Waals surface area contributed by atoms with Gasteiger partial charge < -0.3 is 20.9 Å². The predicted octanol–water partition coefficient (Wildman–Crippen LogP) is 1.90. The maximum Gasteiger partial charge on any atom is 0.345 e. The highest BCUT2D eigenvalue weighted by molar-refractivity contribution is 6.38. The maximum absolute atomic E-state index is 14.7. The van der Waals surface area contributed by atoms with Crippen LogP contribution >= 0.6 is 11.6 Å². The van der Waals surface area contributed by atoms with E-state index >= 15 is 0 Å². The molecule has 0 aliphatic carbocycles. The number of hydrogen-bond acceptors (Lipinski definition) is 8. The molecule has 1 aromatic carbocycles. The zero-order chi connectivity index (χ0) is 23.7. The van der Waals surface area contributed by atoms with E-state index in [0.29, 0.717) is 6.07 Å². The molecule has 0 spiro atoms. The number of aliphatic hydroxyl groups excluding tert-OH is 1. The summed E-state index contributed by atoms with van der Waals surface area (Å²) in [6.07, 6.45) is -0.231. The molecule has 9 nitrogen and oxygen atoms in total. The molecule has 0 aliphatic rings. The molecule has 6 N–H and O–H groups in total. The minimum atomic E-state index is -1.21. The molecule has 0 saturated carbocycles. The topological polar surface area (TPSA) is 145 Å². The van der Waals surface area contributed by atoms with Crippen LogP contribution in [-0.2, 0) is 4.74 Å². The van der Waals surface area contributed by atoms with E-state index < -0.39 is 57.7 Å². The smallest absolute Gasteiger partial charge is 0.345 e. The third kappa shape index (κ3) is 4.20. The predicted molar refractivity (Wildman–Crippen MR) is 111 cm³/mol.